The van der Waals surface area contributed by atoms with Crippen LogP contribution in [0.15, 0.2) is 39.7 Å². The zero-order valence-electron chi connectivity index (χ0n) is 20.7. The number of aryl methyl sites for hydroxylation is 2. The molecule has 1 aliphatic carbocycles. The fourth-order valence-electron chi connectivity index (χ4n) is 5.37. The maximum absolute atomic E-state index is 14.1. The minimum Gasteiger partial charge on any atom is -0.421 e. The molecule has 2 aliphatic rings. The molecule has 3 aromatic heterocycles. The van der Waals surface area contributed by atoms with E-state index in [1.165, 1.54) is 0 Å². The van der Waals surface area contributed by atoms with Crippen LogP contribution < -0.4 is 10.9 Å². The SMILES string of the molecule is Cc1nnc(-c2ccc(C)c(-c3cc4cnc(NC5CCOCC5)nc4n(C4CCCC4)c3=O)c2)o1. The van der Waals surface area contributed by atoms with Gasteiger partial charge in [0, 0.05) is 54.9 Å². The van der Waals surface area contributed by atoms with E-state index >= 15 is 0 Å². The Balaban J connectivity index is 1.48. The molecule has 1 saturated heterocycles. The van der Waals surface area contributed by atoms with E-state index in [9.17, 15) is 4.79 Å². The van der Waals surface area contributed by atoms with Gasteiger partial charge in [-0.3, -0.25) is 9.36 Å². The molecular weight excluding hydrogens is 456 g/mol. The molecule has 4 heterocycles. The number of pyridine rings is 1. The molecular formula is C27H30N6O3. The van der Waals surface area contributed by atoms with Crippen LogP contribution in [-0.4, -0.2) is 44.0 Å². The Hall–Kier alpha value is -3.59. The van der Waals surface area contributed by atoms with Crippen molar-refractivity contribution in [1.29, 1.82) is 0 Å². The van der Waals surface area contributed by atoms with E-state index < -0.39 is 0 Å². The number of hydrogen-bond acceptors (Lipinski definition) is 8. The third kappa shape index (κ3) is 4.28. The number of nitrogens with one attached hydrogen (secondary N) is 1. The Labute approximate surface area is 208 Å². The highest BCUT2D eigenvalue weighted by Crippen LogP contribution is 2.33. The van der Waals surface area contributed by atoms with Crippen molar-refractivity contribution in [3.8, 4) is 22.6 Å². The number of nitrogens with zero attached hydrogens (tertiary/aromatic N) is 5. The molecule has 1 saturated carbocycles. The third-order valence-electron chi connectivity index (χ3n) is 7.32. The van der Waals surface area contributed by atoms with Crippen molar-refractivity contribution >= 4 is 17.0 Å². The average molecular weight is 487 g/mol. The lowest BCUT2D eigenvalue weighted by Gasteiger charge is -2.23. The third-order valence-corrected chi connectivity index (χ3v) is 7.32. The largest absolute Gasteiger partial charge is 0.421 e. The van der Waals surface area contributed by atoms with Gasteiger partial charge in [-0.15, -0.1) is 10.2 Å². The Kier molecular flexibility index (Phi) is 6.00. The number of rotatable bonds is 5. The van der Waals surface area contributed by atoms with Crippen LogP contribution in [0.1, 0.15) is 56.0 Å². The van der Waals surface area contributed by atoms with Crippen molar-refractivity contribution in [2.75, 3.05) is 18.5 Å². The normalized spacial score (nSPS) is 17.2. The summed E-state index contributed by atoms with van der Waals surface area (Å²) in [6.45, 7) is 5.26. The van der Waals surface area contributed by atoms with Gasteiger partial charge in [0.05, 0.1) is 0 Å². The van der Waals surface area contributed by atoms with Crippen molar-refractivity contribution in [2.24, 2.45) is 0 Å². The van der Waals surface area contributed by atoms with E-state index in [2.05, 4.69) is 20.5 Å². The van der Waals surface area contributed by atoms with Crippen LogP contribution in [0.3, 0.4) is 0 Å². The van der Waals surface area contributed by atoms with E-state index in [1.807, 2.05) is 42.0 Å². The summed E-state index contributed by atoms with van der Waals surface area (Å²) in [6.07, 6.45) is 7.87. The Morgan fingerprint density at radius 3 is 2.56 bits per heavy atom. The smallest absolute Gasteiger partial charge is 0.260 e. The first-order valence-corrected chi connectivity index (χ1v) is 12.7. The molecule has 0 spiro atoms. The molecule has 1 aromatic carbocycles. The molecule has 0 amide bonds. The van der Waals surface area contributed by atoms with Gasteiger partial charge in [-0.25, -0.2) is 4.98 Å². The van der Waals surface area contributed by atoms with Crippen molar-refractivity contribution in [3.05, 3.63) is 52.3 Å². The van der Waals surface area contributed by atoms with E-state index in [1.54, 1.807) is 6.92 Å². The van der Waals surface area contributed by atoms with Gasteiger partial charge in [0.1, 0.15) is 5.65 Å². The van der Waals surface area contributed by atoms with Crippen LogP contribution in [0.2, 0.25) is 0 Å². The summed E-state index contributed by atoms with van der Waals surface area (Å²) in [5.74, 6) is 1.51. The van der Waals surface area contributed by atoms with Gasteiger partial charge < -0.3 is 14.5 Å². The van der Waals surface area contributed by atoms with Gasteiger partial charge >= 0.3 is 0 Å². The summed E-state index contributed by atoms with van der Waals surface area (Å²) in [6, 6.07) is 8.23. The standard InChI is InChI=1S/C27H30N6O3/c1-16-7-8-18(25-32-31-17(2)36-25)13-22(16)23-14-19-15-28-27(29-20-9-11-35-12-10-20)30-24(19)33(26(23)34)21-5-3-4-6-21/h7-8,13-15,20-21H,3-6,9-12H2,1-2H3,(H,28,29,30). The summed E-state index contributed by atoms with van der Waals surface area (Å²) >= 11 is 0. The second kappa shape index (κ2) is 9.46. The van der Waals surface area contributed by atoms with Gasteiger partial charge in [-0.2, -0.15) is 4.98 Å². The Bertz CT molecular complexity index is 1460. The molecule has 1 aliphatic heterocycles. The second-order valence-electron chi connectivity index (χ2n) is 9.83. The number of anilines is 1. The number of ether oxygens (including phenoxy) is 1. The minimum atomic E-state index is -0.0212. The predicted octanol–water partition coefficient (Wildman–Crippen LogP) is 4.83. The molecule has 4 aromatic rings. The summed E-state index contributed by atoms with van der Waals surface area (Å²) < 4.78 is 13.0. The molecule has 6 rings (SSSR count). The van der Waals surface area contributed by atoms with E-state index in [4.69, 9.17) is 14.1 Å². The molecule has 186 valence electrons. The summed E-state index contributed by atoms with van der Waals surface area (Å²) in [7, 11) is 0. The van der Waals surface area contributed by atoms with Gasteiger partial charge in [0.15, 0.2) is 0 Å². The number of aromatic nitrogens is 5. The molecule has 0 unspecified atom stereocenters. The van der Waals surface area contributed by atoms with Crippen LogP contribution >= 0.6 is 0 Å². The summed E-state index contributed by atoms with van der Waals surface area (Å²) in [5.41, 5.74) is 3.96. The highest BCUT2D eigenvalue weighted by molar-refractivity contribution is 5.83. The van der Waals surface area contributed by atoms with E-state index in [-0.39, 0.29) is 17.6 Å². The van der Waals surface area contributed by atoms with Crippen molar-refractivity contribution < 1.29 is 9.15 Å². The molecule has 0 atom stereocenters. The number of benzene rings is 1. The maximum atomic E-state index is 14.1. The molecule has 2 fully saturated rings. The van der Waals surface area contributed by atoms with Gasteiger partial charge in [-0.05, 0) is 61.9 Å². The van der Waals surface area contributed by atoms with Crippen molar-refractivity contribution in [1.82, 2.24) is 24.7 Å². The van der Waals surface area contributed by atoms with Crippen LogP contribution in [-0.2, 0) is 4.74 Å². The quantitative estimate of drug-likeness (QED) is 0.427. The lowest BCUT2D eigenvalue weighted by Crippen LogP contribution is -2.29. The van der Waals surface area contributed by atoms with Gasteiger partial charge in [-0.1, -0.05) is 18.9 Å². The highest BCUT2D eigenvalue weighted by atomic mass is 16.5. The lowest BCUT2D eigenvalue weighted by atomic mass is 9.98. The van der Waals surface area contributed by atoms with Gasteiger partial charge in [0.2, 0.25) is 17.7 Å². The number of fused-ring (bicyclic) bond motifs is 1. The minimum absolute atomic E-state index is 0.0212. The van der Waals surface area contributed by atoms with Gasteiger partial charge in [0.25, 0.3) is 5.56 Å². The Morgan fingerprint density at radius 1 is 1.00 bits per heavy atom. The first-order valence-electron chi connectivity index (χ1n) is 12.7. The fourth-order valence-corrected chi connectivity index (χ4v) is 5.37. The lowest BCUT2D eigenvalue weighted by molar-refractivity contribution is 0.0903. The monoisotopic (exact) mass is 486 g/mol. The molecule has 0 radical (unpaired) electrons. The van der Waals surface area contributed by atoms with Crippen molar-refractivity contribution in [2.45, 2.75) is 64.5 Å². The molecule has 1 N–H and O–H groups in total. The van der Waals surface area contributed by atoms with Crippen LogP contribution in [0.25, 0.3) is 33.6 Å². The molecule has 36 heavy (non-hydrogen) atoms. The molecule has 0 bridgehead atoms. The first-order chi connectivity index (χ1) is 17.6. The fraction of sp³-hybridized carbons (Fsp3) is 0.444. The molecule has 9 heteroatoms. The van der Waals surface area contributed by atoms with E-state index in [0.717, 1.165) is 73.8 Å². The van der Waals surface area contributed by atoms with Crippen LogP contribution in [0.4, 0.5) is 5.95 Å². The summed E-state index contributed by atoms with van der Waals surface area (Å²) in [5, 5.41) is 12.4. The first kappa shape index (κ1) is 22.8. The molecule has 9 nitrogen and oxygen atoms in total. The Morgan fingerprint density at radius 2 is 1.81 bits per heavy atom. The predicted molar refractivity (Wildman–Crippen MR) is 137 cm³/mol. The second-order valence-corrected chi connectivity index (χ2v) is 9.83. The van der Waals surface area contributed by atoms with Crippen LogP contribution in [0, 0.1) is 13.8 Å². The van der Waals surface area contributed by atoms with E-state index in [0.29, 0.717) is 28.9 Å². The van der Waals surface area contributed by atoms with Crippen molar-refractivity contribution in [3.63, 3.8) is 0 Å². The number of hydrogen-bond donors (Lipinski definition) is 1. The average Bonchev–Trinajstić information content (AvgIpc) is 3.57. The van der Waals surface area contributed by atoms with Crippen LogP contribution in [0.5, 0.6) is 0 Å². The topological polar surface area (TPSA) is 108 Å². The maximum Gasteiger partial charge on any atom is 0.260 e. The summed E-state index contributed by atoms with van der Waals surface area (Å²) in [4.78, 5) is 23.6. The zero-order chi connectivity index (χ0) is 24.6. The highest BCUT2D eigenvalue weighted by Gasteiger charge is 2.24. The zero-order valence-corrected chi connectivity index (χ0v) is 20.7.